The number of rotatable bonds is 7. The second-order valence-corrected chi connectivity index (χ2v) is 8.39. The Morgan fingerprint density at radius 3 is 2.48 bits per heavy atom. The predicted molar refractivity (Wildman–Crippen MR) is 117 cm³/mol. The topological polar surface area (TPSA) is 55.1 Å². The number of thioether (sulfide) groups is 1. The first-order chi connectivity index (χ1) is 13.9. The third kappa shape index (κ3) is 5.07. The van der Waals surface area contributed by atoms with Crippen LogP contribution in [-0.2, 0) is 5.75 Å². The molecular weight excluding hydrogens is 458 g/mol. The van der Waals surface area contributed by atoms with Crippen LogP contribution in [0.2, 0.25) is 15.1 Å². The Hall–Kier alpha value is -1.73. The van der Waals surface area contributed by atoms with Gasteiger partial charge in [0.1, 0.15) is 22.8 Å². The Morgan fingerprint density at radius 1 is 1.14 bits per heavy atom. The van der Waals surface area contributed by atoms with Crippen LogP contribution in [0.25, 0.3) is 11.3 Å². The van der Waals surface area contributed by atoms with Crippen molar-refractivity contribution in [2.45, 2.75) is 12.7 Å². The van der Waals surface area contributed by atoms with Crippen molar-refractivity contribution in [2.75, 3.05) is 12.3 Å². The lowest BCUT2D eigenvalue weighted by Crippen LogP contribution is -2.26. The summed E-state index contributed by atoms with van der Waals surface area (Å²) >= 11 is 20.0. The molecule has 0 aliphatic carbocycles. The van der Waals surface area contributed by atoms with Crippen LogP contribution in [0.4, 0.5) is 4.39 Å². The molecule has 4 nitrogen and oxygen atoms in total. The molecule has 29 heavy (non-hydrogen) atoms. The molecule has 3 rings (SSSR count). The lowest BCUT2D eigenvalue weighted by atomic mass is 10.1. The molecule has 0 spiro atoms. The number of carbonyl (C=O) groups excluding carboxylic acids is 1. The number of carbonyl (C=O) groups is 1. The Balaban J connectivity index is 1.63. The Morgan fingerprint density at radius 2 is 1.79 bits per heavy atom. The average Bonchev–Trinajstić information content (AvgIpc) is 3.04. The standard InChI is InChI=1S/C20H16Cl3FN2O2S/c1-11-17(19(26-28-11)18-14(22)5-2-6-15(18)23)20(27)25-8-9-29-10-12-13(21)4-3-7-16(12)24/h2-7H,8-10H2,1H3,(H,25,27). The van der Waals surface area contributed by atoms with Gasteiger partial charge in [-0.2, -0.15) is 11.8 Å². The average molecular weight is 474 g/mol. The van der Waals surface area contributed by atoms with Gasteiger partial charge in [-0.3, -0.25) is 4.79 Å². The van der Waals surface area contributed by atoms with Crippen molar-refractivity contribution in [3.63, 3.8) is 0 Å². The van der Waals surface area contributed by atoms with Gasteiger partial charge in [0.05, 0.1) is 10.0 Å². The first-order valence-electron chi connectivity index (χ1n) is 8.59. The van der Waals surface area contributed by atoms with Crippen LogP contribution in [0.15, 0.2) is 40.9 Å². The number of halogens is 4. The summed E-state index contributed by atoms with van der Waals surface area (Å²) in [5.74, 6) is 0.658. The van der Waals surface area contributed by atoms with E-state index < -0.39 is 0 Å². The highest BCUT2D eigenvalue weighted by molar-refractivity contribution is 7.98. The van der Waals surface area contributed by atoms with Crippen LogP contribution < -0.4 is 5.32 Å². The number of aromatic nitrogens is 1. The molecule has 0 bridgehead atoms. The summed E-state index contributed by atoms with van der Waals surface area (Å²) in [4.78, 5) is 12.7. The summed E-state index contributed by atoms with van der Waals surface area (Å²) in [5, 5.41) is 7.92. The molecule has 1 N–H and O–H groups in total. The minimum absolute atomic E-state index is 0.280. The molecule has 3 aromatic rings. The SMILES string of the molecule is Cc1onc(-c2c(Cl)cccc2Cl)c1C(=O)NCCSCc1c(F)cccc1Cl. The van der Waals surface area contributed by atoms with E-state index >= 15 is 0 Å². The molecule has 152 valence electrons. The first-order valence-corrected chi connectivity index (χ1v) is 10.9. The lowest BCUT2D eigenvalue weighted by Gasteiger charge is -2.09. The summed E-state index contributed by atoms with van der Waals surface area (Å²) < 4.78 is 19.0. The van der Waals surface area contributed by atoms with Crippen LogP contribution >= 0.6 is 46.6 Å². The molecule has 0 unspecified atom stereocenters. The van der Waals surface area contributed by atoms with Gasteiger partial charge in [0.15, 0.2) is 0 Å². The predicted octanol–water partition coefficient (Wildman–Crippen LogP) is 6.41. The van der Waals surface area contributed by atoms with Gasteiger partial charge in [0.2, 0.25) is 0 Å². The van der Waals surface area contributed by atoms with Gasteiger partial charge in [0.25, 0.3) is 5.91 Å². The number of amides is 1. The maximum atomic E-state index is 13.8. The highest BCUT2D eigenvalue weighted by Crippen LogP contribution is 2.36. The third-order valence-corrected chi connectivity index (χ3v) is 6.10. The zero-order chi connectivity index (χ0) is 21.0. The fourth-order valence-corrected chi connectivity index (χ4v) is 4.48. The minimum Gasteiger partial charge on any atom is -0.360 e. The van der Waals surface area contributed by atoms with Gasteiger partial charge in [-0.25, -0.2) is 4.39 Å². The van der Waals surface area contributed by atoms with E-state index in [1.54, 1.807) is 37.3 Å². The Kier molecular flexibility index (Phi) is 7.46. The summed E-state index contributed by atoms with van der Waals surface area (Å²) in [5.41, 5.74) is 1.47. The second kappa shape index (κ2) is 9.85. The molecule has 0 atom stereocenters. The Bertz CT molecular complexity index is 1000. The van der Waals surface area contributed by atoms with Crippen molar-refractivity contribution in [3.8, 4) is 11.3 Å². The van der Waals surface area contributed by atoms with Crippen molar-refractivity contribution < 1.29 is 13.7 Å². The molecule has 1 heterocycles. The molecular formula is C20H16Cl3FN2O2S. The van der Waals surface area contributed by atoms with Crippen molar-refractivity contribution in [1.29, 1.82) is 0 Å². The highest BCUT2D eigenvalue weighted by atomic mass is 35.5. The summed E-state index contributed by atoms with van der Waals surface area (Å²) in [7, 11) is 0. The molecule has 9 heteroatoms. The minimum atomic E-state index is -0.348. The molecule has 0 saturated heterocycles. The van der Waals surface area contributed by atoms with E-state index in [0.29, 0.717) is 55.7 Å². The zero-order valence-corrected chi connectivity index (χ0v) is 18.4. The molecule has 1 amide bonds. The van der Waals surface area contributed by atoms with Crippen molar-refractivity contribution in [1.82, 2.24) is 10.5 Å². The summed E-state index contributed by atoms with van der Waals surface area (Å²) in [6, 6.07) is 9.63. The monoisotopic (exact) mass is 472 g/mol. The van der Waals surface area contributed by atoms with E-state index in [0.717, 1.165) is 0 Å². The van der Waals surface area contributed by atoms with E-state index in [9.17, 15) is 9.18 Å². The van der Waals surface area contributed by atoms with E-state index in [4.69, 9.17) is 39.3 Å². The molecule has 0 aliphatic heterocycles. The van der Waals surface area contributed by atoms with Gasteiger partial charge in [-0.1, -0.05) is 52.1 Å². The highest BCUT2D eigenvalue weighted by Gasteiger charge is 2.24. The molecule has 0 fully saturated rings. The van der Waals surface area contributed by atoms with Crippen LogP contribution in [0.5, 0.6) is 0 Å². The van der Waals surface area contributed by atoms with E-state index in [1.807, 2.05) is 0 Å². The zero-order valence-electron chi connectivity index (χ0n) is 15.3. The maximum absolute atomic E-state index is 13.8. The van der Waals surface area contributed by atoms with Gasteiger partial charge < -0.3 is 9.84 Å². The summed E-state index contributed by atoms with van der Waals surface area (Å²) in [6.07, 6.45) is 0. The largest absolute Gasteiger partial charge is 0.360 e. The van der Waals surface area contributed by atoms with Gasteiger partial charge in [-0.15, -0.1) is 0 Å². The molecule has 0 aliphatic rings. The quantitative estimate of drug-likeness (QED) is 0.403. The van der Waals surface area contributed by atoms with Crippen LogP contribution in [0, 0.1) is 12.7 Å². The molecule has 0 radical (unpaired) electrons. The Labute approximate surface area is 186 Å². The third-order valence-electron chi connectivity index (χ3n) is 4.13. The van der Waals surface area contributed by atoms with Crippen molar-refractivity contribution >= 4 is 52.5 Å². The van der Waals surface area contributed by atoms with Crippen molar-refractivity contribution in [2.24, 2.45) is 0 Å². The van der Waals surface area contributed by atoms with Crippen molar-refractivity contribution in [3.05, 3.63) is 74.2 Å². The lowest BCUT2D eigenvalue weighted by molar-refractivity contribution is 0.0955. The normalized spacial score (nSPS) is 10.9. The van der Waals surface area contributed by atoms with E-state index in [2.05, 4.69) is 10.5 Å². The number of benzene rings is 2. The number of nitrogens with one attached hydrogen (secondary N) is 1. The fraction of sp³-hybridized carbons (Fsp3) is 0.200. The van der Waals surface area contributed by atoms with Crippen LogP contribution in [-0.4, -0.2) is 23.4 Å². The number of nitrogens with zero attached hydrogens (tertiary/aromatic N) is 1. The van der Waals surface area contributed by atoms with Gasteiger partial charge in [0, 0.05) is 34.2 Å². The smallest absolute Gasteiger partial charge is 0.257 e. The second-order valence-electron chi connectivity index (χ2n) is 6.07. The first kappa shape index (κ1) is 22.0. The van der Waals surface area contributed by atoms with E-state index in [-0.39, 0.29) is 17.3 Å². The molecule has 2 aromatic carbocycles. The van der Waals surface area contributed by atoms with E-state index in [1.165, 1.54) is 17.8 Å². The molecule has 0 saturated carbocycles. The van der Waals surface area contributed by atoms with Gasteiger partial charge >= 0.3 is 0 Å². The van der Waals surface area contributed by atoms with Crippen LogP contribution in [0.1, 0.15) is 21.7 Å². The molecule has 1 aromatic heterocycles. The van der Waals surface area contributed by atoms with Crippen LogP contribution in [0.3, 0.4) is 0 Å². The number of hydrogen-bond acceptors (Lipinski definition) is 4. The fourth-order valence-electron chi connectivity index (χ4n) is 2.70. The maximum Gasteiger partial charge on any atom is 0.257 e. The number of aryl methyl sites for hydroxylation is 1. The van der Waals surface area contributed by atoms with Gasteiger partial charge in [-0.05, 0) is 31.2 Å². The summed E-state index contributed by atoms with van der Waals surface area (Å²) in [6.45, 7) is 2.01. The number of hydrogen-bond donors (Lipinski definition) is 1.